The predicted octanol–water partition coefficient (Wildman–Crippen LogP) is 4.89. The number of hydrogen-bond donors (Lipinski definition) is 1. The molecule has 2 aromatic carbocycles. The average molecular weight is 400 g/mol. The van der Waals surface area contributed by atoms with Crippen LogP contribution in [0.15, 0.2) is 88.5 Å². The highest BCUT2D eigenvalue weighted by Gasteiger charge is 2.40. The molecule has 1 aliphatic heterocycles. The zero-order chi connectivity index (χ0) is 19.8. The second-order valence-corrected chi connectivity index (χ2v) is 7.60. The second kappa shape index (κ2) is 7.07. The molecule has 0 fully saturated rings. The van der Waals surface area contributed by atoms with E-state index in [9.17, 15) is 9.59 Å². The maximum Gasteiger partial charge on any atom is 0.278 e. The molecule has 5 nitrogen and oxygen atoms in total. The van der Waals surface area contributed by atoms with Gasteiger partial charge in [-0.3, -0.25) is 14.5 Å². The number of benzene rings is 2. The average Bonchev–Trinajstić information content (AvgIpc) is 3.48. The van der Waals surface area contributed by atoms with Crippen molar-refractivity contribution in [3.63, 3.8) is 0 Å². The van der Waals surface area contributed by atoms with Gasteiger partial charge >= 0.3 is 0 Å². The highest BCUT2D eigenvalue weighted by Crippen LogP contribution is 2.35. The number of anilines is 1. The van der Waals surface area contributed by atoms with Crippen LogP contribution in [-0.4, -0.2) is 16.7 Å². The van der Waals surface area contributed by atoms with Crippen LogP contribution < -0.4 is 5.32 Å². The Bertz CT molecular complexity index is 1240. The molecule has 142 valence electrons. The number of nitrogens with one attached hydrogen (secondary N) is 1. The Morgan fingerprint density at radius 2 is 1.76 bits per heavy atom. The van der Waals surface area contributed by atoms with Gasteiger partial charge in [0.2, 0.25) is 0 Å². The van der Waals surface area contributed by atoms with E-state index in [4.69, 9.17) is 4.42 Å². The summed E-state index contributed by atoms with van der Waals surface area (Å²) in [5.41, 5.74) is 1.47. The van der Waals surface area contributed by atoms with Crippen molar-refractivity contribution in [2.75, 3.05) is 5.32 Å². The molecule has 2 aromatic heterocycles. The smallest absolute Gasteiger partial charge is 0.278 e. The summed E-state index contributed by atoms with van der Waals surface area (Å²) in [5, 5.41) is 7.19. The van der Waals surface area contributed by atoms with Crippen molar-refractivity contribution >= 4 is 45.2 Å². The van der Waals surface area contributed by atoms with E-state index in [0.29, 0.717) is 17.0 Å². The third-order valence-electron chi connectivity index (χ3n) is 4.88. The van der Waals surface area contributed by atoms with Crippen LogP contribution in [0.3, 0.4) is 0 Å². The van der Waals surface area contributed by atoms with Gasteiger partial charge in [-0.2, -0.15) is 0 Å². The first-order valence-electron chi connectivity index (χ1n) is 9.14. The van der Waals surface area contributed by atoms with E-state index in [1.807, 2.05) is 60.0 Å². The molecule has 0 saturated heterocycles. The van der Waals surface area contributed by atoms with Crippen LogP contribution in [0, 0.1) is 0 Å². The van der Waals surface area contributed by atoms with Crippen molar-refractivity contribution < 1.29 is 14.0 Å². The molecule has 0 atom stereocenters. The molecule has 0 aliphatic carbocycles. The van der Waals surface area contributed by atoms with E-state index in [1.54, 1.807) is 12.1 Å². The summed E-state index contributed by atoms with van der Waals surface area (Å²) in [6.45, 7) is 0.0975. The molecule has 2 amide bonds. The molecule has 0 bridgehead atoms. The minimum absolute atomic E-state index is 0.0975. The molecular weight excluding hydrogens is 384 g/mol. The lowest BCUT2D eigenvalue weighted by Crippen LogP contribution is -2.31. The fourth-order valence-electron chi connectivity index (χ4n) is 3.51. The van der Waals surface area contributed by atoms with Gasteiger partial charge < -0.3 is 9.73 Å². The molecule has 1 N–H and O–H groups in total. The summed E-state index contributed by atoms with van der Waals surface area (Å²) in [5.74, 6) is -0.122. The van der Waals surface area contributed by atoms with Crippen molar-refractivity contribution in [1.82, 2.24) is 4.90 Å². The summed E-state index contributed by atoms with van der Waals surface area (Å²) in [6, 6.07) is 21.0. The number of carbonyl (C=O) groups excluding carboxylic acids is 2. The minimum atomic E-state index is -0.359. The topological polar surface area (TPSA) is 62.6 Å². The lowest BCUT2D eigenvalue weighted by molar-refractivity contribution is -0.137. The van der Waals surface area contributed by atoms with Gasteiger partial charge in [0.15, 0.2) is 0 Å². The molecular formula is C23H16N2O3S. The molecule has 3 heterocycles. The number of carbonyl (C=O) groups is 2. The van der Waals surface area contributed by atoms with Crippen molar-refractivity contribution in [3.05, 3.63) is 94.7 Å². The fraction of sp³-hybridized carbons (Fsp3) is 0.0435. The van der Waals surface area contributed by atoms with Crippen LogP contribution in [0.5, 0.6) is 0 Å². The van der Waals surface area contributed by atoms with Crippen molar-refractivity contribution in [1.29, 1.82) is 0 Å². The van der Waals surface area contributed by atoms with Gasteiger partial charge in [0.25, 0.3) is 11.8 Å². The SMILES string of the molecule is O=C1C(Nc2cccc3ccccc23)=C(c2cccs2)C(=O)N1Cc1ccco1. The summed E-state index contributed by atoms with van der Waals surface area (Å²) < 4.78 is 5.35. The maximum absolute atomic E-state index is 13.2. The number of rotatable bonds is 5. The fourth-order valence-corrected chi connectivity index (χ4v) is 4.28. The Balaban J connectivity index is 1.59. The van der Waals surface area contributed by atoms with Gasteiger partial charge in [-0.05, 0) is 35.0 Å². The van der Waals surface area contributed by atoms with E-state index in [1.165, 1.54) is 22.5 Å². The number of nitrogens with zero attached hydrogens (tertiary/aromatic N) is 1. The lowest BCUT2D eigenvalue weighted by Gasteiger charge is -2.14. The Morgan fingerprint density at radius 3 is 2.55 bits per heavy atom. The molecule has 5 rings (SSSR count). The summed E-state index contributed by atoms with van der Waals surface area (Å²) in [6.07, 6.45) is 1.53. The van der Waals surface area contributed by atoms with E-state index < -0.39 is 0 Å². The standard InChI is InChI=1S/C23H16N2O3S/c26-22-20(19-11-5-13-29-19)21(23(27)25(22)14-16-8-4-12-28-16)24-18-10-3-7-15-6-1-2-9-17(15)18/h1-13,24H,14H2. The number of hydrogen-bond acceptors (Lipinski definition) is 5. The Morgan fingerprint density at radius 1 is 0.897 bits per heavy atom. The monoisotopic (exact) mass is 400 g/mol. The number of amides is 2. The quantitative estimate of drug-likeness (QED) is 0.485. The summed E-state index contributed by atoms with van der Waals surface area (Å²) in [4.78, 5) is 28.4. The van der Waals surface area contributed by atoms with Crippen molar-refractivity contribution in [3.8, 4) is 0 Å². The van der Waals surface area contributed by atoms with Gasteiger partial charge in [-0.1, -0.05) is 42.5 Å². The van der Waals surface area contributed by atoms with Crippen molar-refractivity contribution in [2.45, 2.75) is 6.54 Å². The van der Waals surface area contributed by atoms with Crippen molar-refractivity contribution in [2.24, 2.45) is 0 Å². The number of fused-ring (bicyclic) bond motifs is 1. The molecule has 0 saturated carbocycles. The normalized spacial score (nSPS) is 14.3. The molecule has 0 radical (unpaired) electrons. The highest BCUT2D eigenvalue weighted by molar-refractivity contribution is 7.11. The summed E-state index contributed by atoms with van der Waals surface area (Å²) >= 11 is 1.43. The zero-order valence-electron chi connectivity index (χ0n) is 15.3. The van der Waals surface area contributed by atoms with E-state index in [-0.39, 0.29) is 18.4 Å². The van der Waals surface area contributed by atoms with Gasteiger partial charge in [0, 0.05) is 16.0 Å². The lowest BCUT2D eigenvalue weighted by atomic mass is 10.1. The Labute approximate surface area is 170 Å². The third-order valence-corrected chi connectivity index (χ3v) is 5.77. The van der Waals surface area contributed by atoms with Crippen LogP contribution in [0.1, 0.15) is 10.6 Å². The van der Waals surface area contributed by atoms with Crippen LogP contribution in [0.4, 0.5) is 5.69 Å². The largest absolute Gasteiger partial charge is 0.467 e. The molecule has 0 spiro atoms. The zero-order valence-corrected chi connectivity index (χ0v) is 16.1. The molecule has 4 aromatic rings. The molecule has 1 aliphatic rings. The van der Waals surface area contributed by atoms with Gasteiger partial charge in [-0.25, -0.2) is 0 Å². The number of thiophene rings is 1. The van der Waals surface area contributed by atoms with Crippen LogP contribution >= 0.6 is 11.3 Å². The van der Waals surface area contributed by atoms with Gasteiger partial charge in [0.05, 0.1) is 18.4 Å². The highest BCUT2D eigenvalue weighted by atomic mass is 32.1. The first-order chi connectivity index (χ1) is 14.2. The molecule has 6 heteroatoms. The maximum atomic E-state index is 13.2. The van der Waals surface area contributed by atoms with Crippen LogP contribution in [0.25, 0.3) is 16.3 Å². The van der Waals surface area contributed by atoms with Gasteiger partial charge in [-0.15, -0.1) is 11.3 Å². The summed E-state index contributed by atoms with van der Waals surface area (Å²) in [7, 11) is 0. The number of furan rings is 1. The van der Waals surface area contributed by atoms with E-state index >= 15 is 0 Å². The molecule has 0 unspecified atom stereocenters. The first kappa shape index (κ1) is 17.5. The predicted molar refractivity (Wildman–Crippen MR) is 113 cm³/mol. The number of imide groups is 1. The van der Waals surface area contributed by atoms with E-state index in [0.717, 1.165) is 21.3 Å². The Hall–Kier alpha value is -3.64. The van der Waals surface area contributed by atoms with Gasteiger partial charge in [0.1, 0.15) is 11.5 Å². The van der Waals surface area contributed by atoms with Crippen LogP contribution in [-0.2, 0) is 16.1 Å². The third kappa shape index (κ3) is 3.03. The molecule has 29 heavy (non-hydrogen) atoms. The Kier molecular flexibility index (Phi) is 4.26. The minimum Gasteiger partial charge on any atom is -0.467 e. The van der Waals surface area contributed by atoms with E-state index in [2.05, 4.69) is 5.32 Å². The first-order valence-corrected chi connectivity index (χ1v) is 10.0. The second-order valence-electron chi connectivity index (χ2n) is 6.65. The van der Waals surface area contributed by atoms with Crippen LogP contribution in [0.2, 0.25) is 0 Å².